The zero-order valence-electron chi connectivity index (χ0n) is 16.9. The molecule has 2 N–H and O–H groups in total. The van der Waals surface area contributed by atoms with Gasteiger partial charge in [-0.1, -0.05) is 75.7 Å². The van der Waals surface area contributed by atoms with E-state index in [1.54, 1.807) is 0 Å². The molecule has 2 aromatic rings. The summed E-state index contributed by atoms with van der Waals surface area (Å²) >= 11 is 1.25. The Hall–Kier alpha value is -2.55. The number of nitro groups is 1. The highest BCUT2D eigenvalue weighted by Gasteiger charge is 2.13. The number of unbranched alkanes of at least 4 members (excludes halogenated alkanes) is 8. The van der Waals surface area contributed by atoms with E-state index in [1.807, 2.05) is 0 Å². The second-order valence-corrected chi connectivity index (χ2v) is 7.91. The van der Waals surface area contributed by atoms with Gasteiger partial charge >= 0.3 is 0 Å². The zero-order valence-corrected chi connectivity index (χ0v) is 17.7. The predicted octanol–water partition coefficient (Wildman–Crippen LogP) is 5.64. The Labute approximate surface area is 175 Å². The topological polar surface area (TPSA) is 110 Å². The average molecular weight is 420 g/mol. The van der Waals surface area contributed by atoms with Crippen molar-refractivity contribution in [2.45, 2.75) is 64.7 Å². The molecule has 0 saturated heterocycles. The van der Waals surface area contributed by atoms with Crippen LogP contribution in [0.15, 0.2) is 24.3 Å². The standard InChI is InChI=1S/C20H29N5O3S/c1-2-3-4-5-6-7-8-9-10-14-21-19-23-24-20(29-19)22-18(26)16-12-11-13-17(15-16)25(27)28/h11-13,15H,2-10,14H2,1H3,(H,21,23)(H,22,24,26). The molecule has 0 spiro atoms. The molecule has 1 amide bonds. The minimum absolute atomic E-state index is 0.127. The average Bonchev–Trinajstić information content (AvgIpc) is 3.16. The molecule has 0 radical (unpaired) electrons. The second-order valence-electron chi connectivity index (χ2n) is 6.93. The van der Waals surface area contributed by atoms with Crippen LogP contribution in [0.3, 0.4) is 0 Å². The van der Waals surface area contributed by atoms with Gasteiger partial charge in [-0.05, 0) is 12.5 Å². The summed E-state index contributed by atoms with van der Waals surface area (Å²) in [5.74, 6) is -0.449. The number of hydrogen-bond acceptors (Lipinski definition) is 7. The zero-order chi connectivity index (χ0) is 20.9. The lowest BCUT2D eigenvalue weighted by atomic mass is 10.1. The molecule has 0 aliphatic heterocycles. The number of hydrogen-bond donors (Lipinski definition) is 2. The number of carbonyl (C=O) groups is 1. The van der Waals surface area contributed by atoms with Gasteiger partial charge in [0.15, 0.2) is 0 Å². The Bertz CT molecular complexity index is 781. The van der Waals surface area contributed by atoms with E-state index in [2.05, 4.69) is 27.8 Å². The quantitative estimate of drug-likeness (QED) is 0.233. The molecule has 8 nitrogen and oxygen atoms in total. The van der Waals surface area contributed by atoms with Crippen LogP contribution in [0, 0.1) is 10.1 Å². The van der Waals surface area contributed by atoms with Crippen LogP contribution in [0.1, 0.15) is 75.1 Å². The summed E-state index contributed by atoms with van der Waals surface area (Å²) in [6.45, 7) is 3.06. The molecule has 0 unspecified atom stereocenters. The van der Waals surface area contributed by atoms with E-state index < -0.39 is 10.8 Å². The largest absolute Gasteiger partial charge is 0.360 e. The van der Waals surface area contributed by atoms with Crippen molar-refractivity contribution in [1.82, 2.24) is 10.2 Å². The molecule has 1 heterocycles. The van der Waals surface area contributed by atoms with Gasteiger partial charge in [0.05, 0.1) is 4.92 Å². The molecule has 0 bridgehead atoms. The van der Waals surface area contributed by atoms with Crippen LogP contribution in [-0.4, -0.2) is 27.6 Å². The first-order valence-corrected chi connectivity index (χ1v) is 11.0. The summed E-state index contributed by atoms with van der Waals surface area (Å²) in [5.41, 5.74) is 0.0804. The number of non-ortho nitro benzene ring substituents is 1. The molecule has 0 aliphatic carbocycles. The van der Waals surface area contributed by atoms with Crippen LogP contribution in [-0.2, 0) is 0 Å². The highest BCUT2D eigenvalue weighted by Crippen LogP contribution is 2.21. The molecule has 29 heavy (non-hydrogen) atoms. The monoisotopic (exact) mass is 419 g/mol. The number of carbonyl (C=O) groups excluding carboxylic acids is 1. The highest BCUT2D eigenvalue weighted by molar-refractivity contribution is 7.19. The molecule has 1 aromatic heterocycles. The Morgan fingerprint density at radius 3 is 2.38 bits per heavy atom. The van der Waals surface area contributed by atoms with Gasteiger partial charge in [0, 0.05) is 24.2 Å². The maximum Gasteiger partial charge on any atom is 0.270 e. The SMILES string of the molecule is CCCCCCCCCCCNc1nnc(NC(=O)c2cccc([N+](=O)[O-])c2)s1. The predicted molar refractivity (Wildman–Crippen MR) is 117 cm³/mol. The van der Waals surface area contributed by atoms with E-state index in [0.717, 1.165) is 13.0 Å². The van der Waals surface area contributed by atoms with E-state index in [4.69, 9.17) is 0 Å². The van der Waals surface area contributed by atoms with E-state index in [-0.39, 0.29) is 11.3 Å². The lowest BCUT2D eigenvalue weighted by Gasteiger charge is -2.03. The molecular weight excluding hydrogens is 390 g/mol. The van der Waals surface area contributed by atoms with E-state index >= 15 is 0 Å². The minimum Gasteiger partial charge on any atom is -0.360 e. The first-order chi connectivity index (χ1) is 14.1. The van der Waals surface area contributed by atoms with Gasteiger partial charge in [0.25, 0.3) is 11.6 Å². The first kappa shape index (κ1) is 22.7. The molecule has 0 aliphatic rings. The highest BCUT2D eigenvalue weighted by atomic mass is 32.1. The molecule has 1 aromatic carbocycles. The first-order valence-electron chi connectivity index (χ1n) is 10.2. The van der Waals surface area contributed by atoms with Crippen LogP contribution >= 0.6 is 11.3 Å². The Balaban J connectivity index is 1.64. The van der Waals surface area contributed by atoms with Crippen molar-refractivity contribution >= 4 is 33.2 Å². The maximum absolute atomic E-state index is 12.2. The molecule has 158 valence electrons. The van der Waals surface area contributed by atoms with Crippen molar-refractivity contribution in [3.63, 3.8) is 0 Å². The van der Waals surface area contributed by atoms with Crippen LogP contribution in [0.4, 0.5) is 16.0 Å². The smallest absolute Gasteiger partial charge is 0.270 e. The van der Waals surface area contributed by atoms with Crippen LogP contribution in [0.2, 0.25) is 0 Å². The summed E-state index contributed by atoms with van der Waals surface area (Å²) in [7, 11) is 0. The van der Waals surface area contributed by atoms with Gasteiger partial charge in [0.2, 0.25) is 10.3 Å². The van der Waals surface area contributed by atoms with Crippen LogP contribution in [0.5, 0.6) is 0 Å². The van der Waals surface area contributed by atoms with Crippen molar-refractivity contribution in [2.24, 2.45) is 0 Å². The Kier molecular flexibility index (Phi) is 10.1. The van der Waals surface area contributed by atoms with Crippen LogP contribution < -0.4 is 10.6 Å². The fourth-order valence-corrected chi connectivity index (χ4v) is 3.57. The van der Waals surface area contributed by atoms with Gasteiger partial charge in [-0.3, -0.25) is 20.2 Å². The maximum atomic E-state index is 12.2. The number of nitrogens with one attached hydrogen (secondary N) is 2. The number of aromatic nitrogens is 2. The summed E-state index contributed by atoms with van der Waals surface area (Å²) in [6.07, 6.45) is 11.5. The third-order valence-electron chi connectivity index (χ3n) is 4.52. The van der Waals surface area contributed by atoms with Crippen molar-refractivity contribution in [2.75, 3.05) is 17.2 Å². The molecule has 0 atom stereocenters. The minimum atomic E-state index is -0.532. The van der Waals surface area contributed by atoms with Crippen LogP contribution in [0.25, 0.3) is 0 Å². The fraction of sp³-hybridized carbons (Fsp3) is 0.550. The number of nitro benzene ring substituents is 1. The Morgan fingerprint density at radius 1 is 1.03 bits per heavy atom. The third kappa shape index (κ3) is 8.55. The Morgan fingerprint density at radius 2 is 1.69 bits per heavy atom. The number of amides is 1. The van der Waals surface area contributed by atoms with Gasteiger partial charge in [0.1, 0.15) is 0 Å². The molecule has 9 heteroatoms. The van der Waals surface area contributed by atoms with Crippen molar-refractivity contribution in [3.05, 3.63) is 39.9 Å². The lowest BCUT2D eigenvalue weighted by molar-refractivity contribution is -0.384. The van der Waals surface area contributed by atoms with Crippen molar-refractivity contribution in [3.8, 4) is 0 Å². The number of rotatable bonds is 14. The molecule has 2 rings (SSSR count). The fourth-order valence-electron chi connectivity index (χ4n) is 2.91. The van der Waals surface area contributed by atoms with Gasteiger partial charge in [-0.25, -0.2) is 0 Å². The summed E-state index contributed by atoms with van der Waals surface area (Å²) < 4.78 is 0. The van der Waals surface area contributed by atoms with E-state index in [0.29, 0.717) is 10.3 Å². The van der Waals surface area contributed by atoms with Crippen molar-refractivity contribution < 1.29 is 9.72 Å². The van der Waals surface area contributed by atoms with Crippen molar-refractivity contribution in [1.29, 1.82) is 0 Å². The molecular formula is C20H29N5O3S. The number of anilines is 2. The molecule has 0 fully saturated rings. The summed E-state index contributed by atoms with van der Waals surface area (Å²) in [5, 5.41) is 25.6. The summed E-state index contributed by atoms with van der Waals surface area (Å²) in [6, 6.07) is 5.58. The van der Waals surface area contributed by atoms with E-state index in [1.165, 1.54) is 87.0 Å². The second kappa shape index (κ2) is 12.8. The number of benzene rings is 1. The van der Waals surface area contributed by atoms with Gasteiger partial charge < -0.3 is 5.32 Å². The number of nitrogens with zero attached hydrogens (tertiary/aromatic N) is 3. The van der Waals surface area contributed by atoms with Gasteiger partial charge in [-0.15, -0.1) is 10.2 Å². The van der Waals surface area contributed by atoms with E-state index in [9.17, 15) is 14.9 Å². The van der Waals surface area contributed by atoms with Gasteiger partial charge in [-0.2, -0.15) is 0 Å². The third-order valence-corrected chi connectivity index (χ3v) is 5.32. The normalized spacial score (nSPS) is 10.7. The summed E-state index contributed by atoms with van der Waals surface area (Å²) in [4.78, 5) is 22.5. The molecule has 0 saturated carbocycles. The lowest BCUT2D eigenvalue weighted by Crippen LogP contribution is -2.11.